The quantitative estimate of drug-likeness (QED) is 0.787. The smallest absolute Gasteiger partial charge is 0.258 e. The fraction of sp³-hybridized carbons (Fsp3) is 0.818. The van der Waals surface area contributed by atoms with Gasteiger partial charge in [0.15, 0.2) is 5.82 Å². The van der Waals surface area contributed by atoms with Crippen LogP contribution in [0, 0.1) is 0 Å². The first-order chi connectivity index (χ1) is 7.63. The van der Waals surface area contributed by atoms with E-state index >= 15 is 0 Å². The normalized spacial score (nSPS) is 18.9. The van der Waals surface area contributed by atoms with E-state index in [1.807, 2.05) is 13.8 Å². The molecule has 0 radical (unpaired) electrons. The molecule has 1 aromatic rings. The lowest BCUT2D eigenvalue weighted by atomic mass is 10.00. The summed E-state index contributed by atoms with van der Waals surface area (Å²) in [5.41, 5.74) is -0.517. The Morgan fingerprint density at radius 3 is 2.62 bits per heavy atom. The third kappa shape index (κ3) is 2.25. The number of hydrogen-bond acceptors (Lipinski definition) is 5. The maximum Gasteiger partial charge on any atom is 0.258 e. The van der Waals surface area contributed by atoms with Gasteiger partial charge in [-0.3, -0.25) is 0 Å². The SMILES string of the molecule is COC(C)(C)c1nc(C2CCOCC2)no1. The van der Waals surface area contributed by atoms with Crippen molar-refractivity contribution in [3.8, 4) is 0 Å². The molecule has 5 heteroatoms. The Bertz CT molecular complexity index is 343. The minimum Gasteiger partial charge on any atom is -0.381 e. The van der Waals surface area contributed by atoms with E-state index in [4.69, 9.17) is 14.0 Å². The van der Waals surface area contributed by atoms with E-state index in [0.29, 0.717) is 11.8 Å². The van der Waals surface area contributed by atoms with Gasteiger partial charge in [0, 0.05) is 26.2 Å². The maximum absolute atomic E-state index is 5.31. The Labute approximate surface area is 95.1 Å². The van der Waals surface area contributed by atoms with Crippen LogP contribution in [-0.2, 0) is 15.1 Å². The molecule has 1 aliphatic heterocycles. The van der Waals surface area contributed by atoms with Crippen molar-refractivity contribution in [2.75, 3.05) is 20.3 Å². The van der Waals surface area contributed by atoms with Gasteiger partial charge in [0.2, 0.25) is 0 Å². The van der Waals surface area contributed by atoms with Crippen molar-refractivity contribution in [3.05, 3.63) is 11.7 Å². The van der Waals surface area contributed by atoms with Crippen molar-refractivity contribution in [1.82, 2.24) is 10.1 Å². The second-order valence-corrected chi connectivity index (χ2v) is 4.56. The molecule has 16 heavy (non-hydrogen) atoms. The van der Waals surface area contributed by atoms with Crippen LogP contribution in [-0.4, -0.2) is 30.5 Å². The van der Waals surface area contributed by atoms with Crippen LogP contribution in [0.25, 0.3) is 0 Å². The minimum atomic E-state index is -0.517. The highest BCUT2D eigenvalue weighted by atomic mass is 16.5. The third-order valence-electron chi connectivity index (χ3n) is 3.05. The van der Waals surface area contributed by atoms with Gasteiger partial charge < -0.3 is 14.0 Å². The predicted octanol–water partition coefficient (Wildman–Crippen LogP) is 1.85. The van der Waals surface area contributed by atoms with E-state index in [1.165, 1.54) is 0 Å². The van der Waals surface area contributed by atoms with Crippen LogP contribution in [0.15, 0.2) is 4.52 Å². The lowest BCUT2D eigenvalue weighted by Crippen LogP contribution is -2.20. The van der Waals surface area contributed by atoms with E-state index < -0.39 is 5.60 Å². The summed E-state index contributed by atoms with van der Waals surface area (Å²) >= 11 is 0. The van der Waals surface area contributed by atoms with Gasteiger partial charge in [-0.15, -0.1) is 0 Å². The van der Waals surface area contributed by atoms with Crippen LogP contribution in [0.2, 0.25) is 0 Å². The van der Waals surface area contributed by atoms with Crippen molar-refractivity contribution in [3.63, 3.8) is 0 Å². The van der Waals surface area contributed by atoms with Gasteiger partial charge in [-0.1, -0.05) is 5.16 Å². The van der Waals surface area contributed by atoms with Crippen molar-refractivity contribution >= 4 is 0 Å². The second kappa shape index (κ2) is 4.51. The van der Waals surface area contributed by atoms with Gasteiger partial charge in [0.1, 0.15) is 5.60 Å². The monoisotopic (exact) mass is 226 g/mol. The zero-order valence-corrected chi connectivity index (χ0v) is 10.0. The van der Waals surface area contributed by atoms with E-state index in [1.54, 1.807) is 7.11 Å². The van der Waals surface area contributed by atoms with E-state index in [9.17, 15) is 0 Å². The van der Waals surface area contributed by atoms with Crippen molar-refractivity contribution in [1.29, 1.82) is 0 Å². The average Bonchev–Trinajstić information content (AvgIpc) is 2.80. The van der Waals surface area contributed by atoms with Crippen molar-refractivity contribution in [2.24, 2.45) is 0 Å². The molecule has 0 bridgehead atoms. The van der Waals surface area contributed by atoms with Crippen LogP contribution in [0.4, 0.5) is 0 Å². The number of nitrogens with zero attached hydrogens (tertiary/aromatic N) is 2. The maximum atomic E-state index is 5.31. The molecule has 5 nitrogen and oxygen atoms in total. The van der Waals surface area contributed by atoms with Gasteiger partial charge in [0.05, 0.1) is 0 Å². The number of methoxy groups -OCH3 is 1. The van der Waals surface area contributed by atoms with Crippen LogP contribution >= 0.6 is 0 Å². The summed E-state index contributed by atoms with van der Waals surface area (Å²) in [6.45, 7) is 5.38. The number of aromatic nitrogens is 2. The minimum absolute atomic E-state index is 0.360. The lowest BCUT2D eigenvalue weighted by Gasteiger charge is -2.19. The predicted molar refractivity (Wildman–Crippen MR) is 57.1 cm³/mol. The molecular weight excluding hydrogens is 208 g/mol. The fourth-order valence-electron chi connectivity index (χ4n) is 1.69. The zero-order valence-electron chi connectivity index (χ0n) is 10.0. The summed E-state index contributed by atoms with van der Waals surface area (Å²) in [5, 5.41) is 4.03. The molecule has 90 valence electrons. The Balaban J connectivity index is 2.12. The van der Waals surface area contributed by atoms with Gasteiger partial charge in [-0.05, 0) is 26.7 Å². The second-order valence-electron chi connectivity index (χ2n) is 4.56. The first-order valence-electron chi connectivity index (χ1n) is 5.60. The molecule has 0 unspecified atom stereocenters. The van der Waals surface area contributed by atoms with E-state index in [0.717, 1.165) is 31.9 Å². The molecule has 1 aromatic heterocycles. The summed E-state index contributed by atoms with van der Waals surface area (Å²) in [7, 11) is 1.64. The Morgan fingerprint density at radius 2 is 2.00 bits per heavy atom. The molecule has 1 aliphatic rings. The van der Waals surface area contributed by atoms with Crippen LogP contribution in [0.1, 0.15) is 44.3 Å². The standard InChI is InChI=1S/C11H18N2O3/c1-11(2,14-3)10-12-9(13-16-10)8-4-6-15-7-5-8/h8H,4-7H2,1-3H3. The summed E-state index contributed by atoms with van der Waals surface area (Å²) in [6, 6.07) is 0. The molecule has 0 amide bonds. The Hall–Kier alpha value is -0.940. The molecule has 0 aromatic carbocycles. The van der Waals surface area contributed by atoms with Gasteiger partial charge in [-0.25, -0.2) is 0 Å². The molecule has 2 rings (SSSR count). The highest BCUT2D eigenvalue weighted by Crippen LogP contribution is 2.28. The Kier molecular flexibility index (Phi) is 3.25. The lowest BCUT2D eigenvalue weighted by molar-refractivity contribution is -0.00787. The molecule has 0 saturated carbocycles. The fourth-order valence-corrected chi connectivity index (χ4v) is 1.69. The number of ether oxygens (including phenoxy) is 2. The van der Waals surface area contributed by atoms with Crippen LogP contribution < -0.4 is 0 Å². The molecule has 0 atom stereocenters. The highest BCUT2D eigenvalue weighted by molar-refractivity contribution is 5.01. The summed E-state index contributed by atoms with van der Waals surface area (Å²) in [5.74, 6) is 1.68. The molecule has 0 N–H and O–H groups in total. The molecule has 1 saturated heterocycles. The summed E-state index contributed by atoms with van der Waals surface area (Å²) in [6.07, 6.45) is 1.93. The first-order valence-corrected chi connectivity index (χ1v) is 5.60. The van der Waals surface area contributed by atoms with Gasteiger partial charge >= 0.3 is 0 Å². The zero-order chi connectivity index (χ0) is 11.6. The van der Waals surface area contributed by atoms with E-state index in [-0.39, 0.29) is 0 Å². The highest BCUT2D eigenvalue weighted by Gasteiger charge is 2.29. The molecule has 2 heterocycles. The van der Waals surface area contributed by atoms with Crippen LogP contribution in [0.3, 0.4) is 0 Å². The van der Waals surface area contributed by atoms with Crippen molar-refractivity contribution in [2.45, 2.75) is 38.2 Å². The van der Waals surface area contributed by atoms with Crippen LogP contribution in [0.5, 0.6) is 0 Å². The summed E-state index contributed by atoms with van der Waals surface area (Å²) in [4.78, 5) is 4.42. The summed E-state index contributed by atoms with van der Waals surface area (Å²) < 4.78 is 15.9. The molecule has 0 aliphatic carbocycles. The molecule has 1 fully saturated rings. The number of rotatable bonds is 3. The molecular formula is C11H18N2O3. The largest absolute Gasteiger partial charge is 0.381 e. The van der Waals surface area contributed by atoms with Gasteiger partial charge in [-0.2, -0.15) is 4.98 Å². The topological polar surface area (TPSA) is 57.4 Å². The van der Waals surface area contributed by atoms with Gasteiger partial charge in [0.25, 0.3) is 5.89 Å². The average molecular weight is 226 g/mol. The Morgan fingerprint density at radius 1 is 1.31 bits per heavy atom. The first kappa shape index (κ1) is 11.5. The molecule has 0 spiro atoms. The van der Waals surface area contributed by atoms with E-state index in [2.05, 4.69) is 10.1 Å². The number of hydrogen-bond donors (Lipinski definition) is 0. The van der Waals surface area contributed by atoms with Crippen molar-refractivity contribution < 1.29 is 14.0 Å². The third-order valence-corrected chi connectivity index (χ3v) is 3.05.